The summed E-state index contributed by atoms with van der Waals surface area (Å²) in [5, 5.41) is 17.0. The maximum absolute atomic E-state index is 11.4. The molecule has 24 heavy (non-hydrogen) atoms. The molecule has 8 heteroatoms. The van der Waals surface area contributed by atoms with Gasteiger partial charge < -0.3 is 10.4 Å². The molecule has 3 aromatic rings. The third-order valence-corrected chi connectivity index (χ3v) is 3.59. The third-order valence-electron chi connectivity index (χ3n) is 3.36. The number of hydrogen-bond donors (Lipinski definition) is 2. The second kappa shape index (κ2) is 6.67. The van der Waals surface area contributed by atoms with E-state index in [1.165, 1.54) is 10.9 Å². The molecule has 3 aromatic heterocycles. The van der Waals surface area contributed by atoms with Crippen molar-refractivity contribution in [1.82, 2.24) is 19.7 Å². The van der Waals surface area contributed by atoms with Crippen LogP contribution in [0, 0.1) is 6.92 Å². The Morgan fingerprint density at radius 2 is 2.08 bits per heavy atom. The van der Waals surface area contributed by atoms with Gasteiger partial charge in [0.25, 0.3) is 0 Å². The van der Waals surface area contributed by atoms with Crippen molar-refractivity contribution >= 4 is 23.3 Å². The molecule has 0 spiro atoms. The van der Waals surface area contributed by atoms with Crippen molar-refractivity contribution in [2.45, 2.75) is 13.5 Å². The van der Waals surface area contributed by atoms with Gasteiger partial charge in [0.1, 0.15) is 5.15 Å². The highest BCUT2D eigenvalue weighted by atomic mass is 35.5. The fourth-order valence-corrected chi connectivity index (χ4v) is 2.24. The van der Waals surface area contributed by atoms with Gasteiger partial charge in [-0.1, -0.05) is 11.6 Å². The number of rotatable bonds is 5. The van der Waals surface area contributed by atoms with E-state index >= 15 is 0 Å². The first-order valence-electron chi connectivity index (χ1n) is 7.13. The van der Waals surface area contributed by atoms with Crippen molar-refractivity contribution in [2.24, 2.45) is 0 Å². The minimum absolute atomic E-state index is 0.0162. The molecule has 0 amide bonds. The van der Waals surface area contributed by atoms with Crippen molar-refractivity contribution in [2.75, 3.05) is 5.32 Å². The van der Waals surface area contributed by atoms with Crippen LogP contribution >= 0.6 is 11.6 Å². The highest BCUT2D eigenvalue weighted by molar-refractivity contribution is 6.29. The second-order valence-electron chi connectivity index (χ2n) is 5.13. The van der Waals surface area contributed by atoms with Crippen LogP contribution in [-0.4, -0.2) is 30.8 Å². The van der Waals surface area contributed by atoms with Gasteiger partial charge in [0.2, 0.25) is 0 Å². The minimum atomic E-state index is -1.09. The molecule has 0 fully saturated rings. The lowest BCUT2D eigenvalue weighted by molar-refractivity contribution is 0.0689. The summed E-state index contributed by atoms with van der Waals surface area (Å²) >= 11 is 5.76. The van der Waals surface area contributed by atoms with E-state index in [4.69, 9.17) is 11.6 Å². The zero-order chi connectivity index (χ0) is 17.1. The molecule has 0 unspecified atom stereocenters. The van der Waals surface area contributed by atoms with Crippen LogP contribution < -0.4 is 5.32 Å². The summed E-state index contributed by atoms with van der Waals surface area (Å²) in [6, 6.07) is 7.10. The Hall–Kier alpha value is -2.93. The maximum Gasteiger partial charge on any atom is 0.356 e. The van der Waals surface area contributed by atoms with E-state index in [1.807, 2.05) is 19.1 Å². The molecule has 0 atom stereocenters. The summed E-state index contributed by atoms with van der Waals surface area (Å²) in [7, 11) is 0. The maximum atomic E-state index is 11.4. The van der Waals surface area contributed by atoms with Crippen molar-refractivity contribution in [3.8, 4) is 5.69 Å². The predicted octanol–water partition coefficient (Wildman–Crippen LogP) is 2.93. The molecular formula is C16H14ClN5O2. The lowest BCUT2D eigenvalue weighted by Crippen LogP contribution is -2.06. The number of aryl methyl sites for hydroxylation is 1. The molecule has 7 nitrogen and oxygen atoms in total. The first-order valence-corrected chi connectivity index (χ1v) is 7.51. The van der Waals surface area contributed by atoms with E-state index in [0.29, 0.717) is 22.9 Å². The SMILES string of the molecule is Cc1ccc(NCc2cn(-c3ccc(Cl)nc3)nc2C(=O)O)cn1. The molecule has 0 saturated heterocycles. The van der Waals surface area contributed by atoms with E-state index in [2.05, 4.69) is 20.4 Å². The molecule has 3 heterocycles. The Balaban J connectivity index is 1.85. The van der Waals surface area contributed by atoms with E-state index in [-0.39, 0.29) is 5.69 Å². The average molecular weight is 344 g/mol. The number of anilines is 1. The van der Waals surface area contributed by atoms with Gasteiger partial charge >= 0.3 is 5.97 Å². The highest BCUT2D eigenvalue weighted by Crippen LogP contribution is 2.16. The van der Waals surface area contributed by atoms with Crippen molar-refractivity contribution in [1.29, 1.82) is 0 Å². The van der Waals surface area contributed by atoms with Crippen LogP contribution in [0.5, 0.6) is 0 Å². The van der Waals surface area contributed by atoms with Crippen LogP contribution in [0.25, 0.3) is 5.69 Å². The number of carboxylic acid groups (broad SMARTS) is 1. The lowest BCUT2D eigenvalue weighted by Gasteiger charge is -2.05. The summed E-state index contributed by atoms with van der Waals surface area (Å²) < 4.78 is 1.47. The largest absolute Gasteiger partial charge is 0.476 e. The number of nitrogens with one attached hydrogen (secondary N) is 1. The molecule has 0 radical (unpaired) electrons. The minimum Gasteiger partial charge on any atom is -0.476 e. The van der Waals surface area contributed by atoms with E-state index < -0.39 is 5.97 Å². The summed E-state index contributed by atoms with van der Waals surface area (Å²) in [5.41, 5.74) is 2.88. The normalized spacial score (nSPS) is 10.6. The Labute approximate surface area is 142 Å². The van der Waals surface area contributed by atoms with Crippen LogP contribution in [0.4, 0.5) is 5.69 Å². The topological polar surface area (TPSA) is 92.9 Å². The fraction of sp³-hybridized carbons (Fsp3) is 0.125. The molecule has 3 rings (SSSR count). The quantitative estimate of drug-likeness (QED) is 0.692. The molecule has 0 aliphatic rings. The Morgan fingerprint density at radius 3 is 2.71 bits per heavy atom. The molecule has 0 saturated carbocycles. The number of nitrogens with zero attached hydrogens (tertiary/aromatic N) is 4. The number of halogens is 1. The molecule has 0 aliphatic heterocycles. The molecule has 0 aromatic carbocycles. The predicted molar refractivity (Wildman–Crippen MR) is 89.6 cm³/mol. The molecule has 0 bridgehead atoms. The van der Waals surface area contributed by atoms with Gasteiger partial charge in [0, 0.05) is 24.0 Å². The van der Waals surface area contributed by atoms with Crippen LogP contribution in [0.1, 0.15) is 21.7 Å². The Kier molecular flexibility index (Phi) is 4.43. The second-order valence-corrected chi connectivity index (χ2v) is 5.52. The third kappa shape index (κ3) is 3.52. The highest BCUT2D eigenvalue weighted by Gasteiger charge is 2.16. The number of carboxylic acids is 1. The fourth-order valence-electron chi connectivity index (χ4n) is 2.12. The smallest absolute Gasteiger partial charge is 0.356 e. The summed E-state index contributed by atoms with van der Waals surface area (Å²) in [6.45, 7) is 2.21. The molecule has 2 N–H and O–H groups in total. The van der Waals surface area contributed by atoms with Crippen LogP contribution in [-0.2, 0) is 6.54 Å². The van der Waals surface area contributed by atoms with E-state index in [0.717, 1.165) is 11.4 Å². The first-order chi connectivity index (χ1) is 11.5. The molecular weight excluding hydrogens is 330 g/mol. The van der Waals surface area contributed by atoms with Gasteiger partial charge in [0.05, 0.1) is 23.8 Å². The number of aromatic carboxylic acids is 1. The standard InChI is InChI=1S/C16H14ClN5O2/c1-10-2-3-12(7-18-10)19-6-11-9-22(21-15(11)16(23)24)13-4-5-14(17)20-8-13/h2-5,7-9,19H,6H2,1H3,(H,23,24). The van der Waals surface area contributed by atoms with Gasteiger partial charge in [-0.15, -0.1) is 0 Å². The lowest BCUT2D eigenvalue weighted by atomic mass is 10.2. The van der Waals surface area contributed by atoms with Gasteiger partial charge in [-0.05, 0) is 31.2 Å². The first kappa shape index (κ1) is 15.9. The van der Waals surface area contributed by atoms with Gasteiger partial charge in [-0.3, -0.25) is 4.98 Å². The number of aromatic nitrogens is 4. The zero-order valence-corrected chi connectivity index (χ0v) is 13.5. The van der Waals surface area contributed by atoms with Crippen LogP contribution in [0.3, 0.4) is 0 Å². The van der Waals surface area contributed by atoms with Gasteiger partial charge in [-0.25, -0.2) is 14.5 Å². The molecule has 122 valence electrons. The van der Waals surface area contributed by atoms with Crippen molar-refractivity contribution in [3.05, 3.63) is 65.0 Å². The number of pyridine rings is 2. The zero-order valence-electron chi connectivity index (χ0n) is 12.8. The van der Waals surface area contributed by atoms with Gasteiger partial charge in [0.15, 0.2) is 5.69 Å². The van der Waals surface area contributed by atoms with Crippen LogP contribution in [0.15, 0.2) is 42.9 Å². The van der Waals surface area contributed by atoms with E-state index in [1.54, 1.807) is 24.5 Å². The summed E-state index contributed by atoms with van der Waals surface area (Å²) in [4.78, 5) is 19.6. The number of carbonyl (C=O) groups is 1. The number of hydrogen-bond acceptors (Lipinski definition) is 5. The average Bonchev–Trinajstić information content (AvgIpc) is 2.99. The van der Waals surface area contributed by atoms with Crippen molar-refractivity contribution < 1.29 is 9.90 Å². The van der Waals surface area contributed by atoms with E-state index in [9.17, 15) is 9.90 Å². The summed E-state index contributed by atoms with van der Waals surface area (Å²) in [6.07, 6.45) is 4.88. The summed E-state index contributed by atoms with van der Waals surface area (Å²) in [5.74, 6) is -1.09. The molecule has 0 aliphatic carbocycles. The van der Waals surface area contributed by atoms with Crippen molar-refractivity contribution in [3.63, 3.8) is 0 Å². The van der Waals surface area contributed by atoms with Gasteiger partial charge in [-0.2, -0.15) is 5.10 Å². The Bertz CT molecular complexity index is 859. The monoisotopic (exact) mass is 343 g/mol. The van der Waals surface area contributed by atoms with Crippen LogP contribution in [0.2, 0.25) is 5.15 Å². The Morgan fingerprint density at radius 1 is 1.25 bits per heavy atom.